The van der Waals surface area contributed by atoms with Crippen LogP contribution in [-0.4, -0.2) is 52.4 Å². The Labute approximate surface area is 196 Å². The van der Waals surface area contributed by atoms with Crippen LogP contribution >= 0.6 is 0 Å². The van der Waals surface area contributed by atoms with E-state index >= 15 is 0 Å². The third kappa shape index (κ3) is 3.99. The van der Waals surface area contributed by atoms with Crippen LogP contribution in [0.25, 0.3) is 33.3 Å². The van der Waals surface area contributed by atoms with Gasteiger partial charge in [-0.2, -0.15) is 4.80 Å². The van der Waals surface area contributed by atoms with Gasteiger partial charge in [-0.05, 0) is 42.5 Å². The lowest BCUT2D eigenvalue weighted by atomic mass is 9.93. The van der Waals surface area contributed by atoms with Gasteiger partial charge in [0.15, 0.2) is 0 Å². The lowest BCUT2D eigenvalue weighted by molar-refractivity contribution is 0.126. The first-order valence-corrected chi connectivity index (χ1v) is 11.7. The Bertz CT molecular complexity index is 1450. The fraction of sp³-hybridized carbons (Fsp3) is 0.320. The molecule has 0 saturated heterocycles. The average molecular weight is 455 g/mol. The van der Waals surface area contributed by atoms with Crippen LogP contribution in [0.5, 0.6) is 0 Å². The zero-order valence-corrected chi connectivity index (χ0v) is 18.9. The number of hydrogen-bond donors (Lipinski definition) is 3. The van der Waals surface area contributed by atoms with Gasteiger partial charge in [-0.3, -0.25) is 0 Å². The molecular weight excluding hydrogens is 428 g/mol. The molecule has 1 aliphatic carbocycles. The van der Waals surface area contributed by atoms with Crippen molar-refractivity contribution in [1.82, 2.24) is 35.2 Å². The van der Waals surface area contributed by atoms with Gasteiger partial charge in [-0.1, -0.05) is 42.5 Å². The van der Waals surface area contributed by atoms with Crippen molar-refractivity contribution in [2.24, 2.45) is 7.05 Å². The Morgan fingerprint density at radius 1 is 1.06 bits per heavy atom. The molecule has 9 nitrogen and oxygen atoms in total. The first kappa shape index (κ1) is 20.7. The maximum Gasteiger partial charge on any atom is 0.204 e. The van der Waals surface area contributed by atoms with Crippen molar-refractivity contribution in [1.29, 1.82) is 0 Å². The van der Waals surface area contributed by atoms with Crippen LogP contribution < -0.4 is 5.32 Å². The first-order chi connectivity index (χ1) is 16.6. The third-order valence-electron chi connectivity index (χ3n) is 6.51. The quantitative estimate of drug-likeness (QED) is 0.371. The van der Waals surface area contributed by atoms with E-state index in [1.807, 2.05) is 30.3 Å². The highest BCUT2D eigenvalue weighted by Crippen LogP contribution is 2.33. The predicted molar refractivity (Wildman–Crippen MR) is 130 cm³/mol. The van der Waals surface area contributed by atoms with E-state index in [9.17, 15) is 5.11 Å². The summed E-state index contributed by atoms with van der Waals surface area (Å²) in [5.41, 5.74) is 3.81. The Morgan fingerprint density at radius 2 is 1.88 bits per heavy atom. The van der Waals surface area contributed by atoms with E-state index < -0.39 is 0 Å². The van der Waals surface area contributed by atoms with Gasteiger partial charge in [-0.15, -0.1) is 10.2 Å². The number of tetrazole rings is 1. The maximum absolute atomic E-state index is 9.93. The second-order valence-corrected chi connectivity index (χ2v) is 9.01. The largest absolute Gasteiger partial charge is 0.393 e. The van der Waals surface area contributed by atoms with Gasteiger partial charge in [0.2, 0.25) is 5.82 Å². The molecule has 0 spiro atoms. The minimum atomic E-state index is -0.196. The lowest BCUT2D eigenvalue weighted by Gasteiger charge is -2.27. The fourth-order valence-electron chi connectivity index (χ4n) is 4.76. The highest BCUT2D eigenvalue weighted by atomic mass is 16.3. The zero-order chi connectivity index (χ0) is 23.1. The van der Waals surface area contributed by atoms with Gasteiger partial charge in [-0.25, -0.2) is 9.97 Å². The van der Waals surface area contributed by atoms with Crippen molar-refractivity contribution in [2.45, 2.75) is 44.2 Å². The van der Waals surface area contributed by atoms with Crippen LogP contribution in [0.15, 0.2) is 48.5 Å². The fourth-order valence-corrected chi connectivity index (χ4v) is 4.76. The molecule has 0 atom stereocenters. The smallest absolute Gasteiger partial charge is 0.204 e. The molecule has 0 unspecified atom stereocenters. The number of anilines is 1. The van der Waals surface area contributed by atoms with Gasteiger partial charge < -0.3 is 15.4 Å². The molecule has 172 valence electrons. The van der Waals surface area contributed by atoms with Crippen LogP contribution in [0, 0.1) is 0 Å². The van der Waals surface area contributed by atoms with Crippen LogP contribution in [0.2, 0.25) is 0 Å². The number of aliphatic hydroxyl groups is 1. The van der Waals surface area contributed by atoms with Gasteiger partial charge >= 0.3 is 0 Å². The molecule has 6 rings (SSSR count). The summed E-state index contributed by atoms with van der Waals surface area (Å²) < 4.78 is 0. The molecule has 1 aliphatic rings. The number of nitrogens with zero attached hydrogens (tertiary/aromatic N) is 6. The molecule has 0 amide bonds. The molecule has 1 fully saturated rings. The number of rotatable bonds is 5. The van der Waals surface area contributed by atoms with E-state index in [1.165, 1.54) is 10.4 Å². The summed E-state index contributed by atoms with van der Waals surface area (Å²) in [7, 11) is 1.75. The monoisotopic (exact) mass is 454 g/mol. The molecule has 0 radical (unpaired) electrons. The Balaban J connectivity index is 1.44. The number of benzene rings is 2. The molecular formula is C25H26N8O. The molecule has 3 N–H and O–H groups in total. The summed E-state index contributed by atoms with van der Waals surface area (Å²) in [6.45, 7) is 0. The Kier molecular flexibility index (Phi) is 5.18. The van der Waals surface area contributed by atoms with Gasteiger partial charge in [0.25, 0.3) is 0 Å². The number of aromatic nitrogens is 7. The summed E-state index contributed by atoms with van der Waals surface area (Å²) >= 11 is 0. The van der Waals surface area contributed by atoms with Crippen molar-refractivity contribution in [3.63, 3.8) is 0 Å². The standard InChI is InChI=1S/C25H26N8O/c1-33-31-23(30-32-33)16-7-12-19-20(14-16)27-25-22(19)24(26-17-8-10-18(34)11-9-17)28-21(29-25)13-15-5-3-2-4-6-15/h2-7,12,14,17-18,34H,8-11,13H2,1H3,(H2,26,27,28,29). The Morgan fingerprint density at radius 3 is 2.65 bits per heavy atom. The van der Waals surface area contributed by atoms with E-state index in [0.717, 1.165) is 64.8 Å². The van der Waals surface area contributed by atoms with Gasteiger partial charge in [0, 0.05) is 28.9 Å². The zero-order valence-electron chi connectivity index (χ0n) is 18.9. The van der Waals surface area contributed by atoms with Crippen molar-refractivity contribution >= 4 is 27.8 Å². The molecule has 9 heteroatoms. The molecule has 1 saturated carbocycles. The van der Waals surface area contributed by atoms with Crippen LogP contribution in [0.1, 0.15) is 37.1 Å². The number of nitrogens with one attached hydrogen (secondary N) is 2. The van der Waals surface area contributed by atoms with Crippen molar-refractivity contribution in [2.75, 3.05) is 5.32 Å². The van der Waals surface area contributed by atoms with E-state index in [-0.39, 0.29) is 12.1 Å². The summed E-state index contributed by atoms with van der Waals surface area (Å²) in [5, 5.41) is 28.0. The number of hydrogen-bond acceptors (Lipinski definition) is 7. The second-order valence-electron chi connectivity index (χ2n) is 9.01. The molecule has 0 bridgehead atoms. The molecule has 2 aromatic carbocycles. The van der Waals surface area contributed by atoms with E-state index in [2.05, 4.69) is 43.9 Å². The van der Waals surface area contributed by atoms with Gasteiger partial charge in [0.05, 0.1) is 18.5 Å². The van der Waals surface area contributed by atoms with E-state index in [4.69, 9.17) is 9.97 Å². The lowest BCUT2D eigenvalue weighted by Crippen LogP contribution is -2.28. The number of fused-ring (bicyclic) bond motifs is 3. The second kappa shape index (κ2) is 8.49. The predicted octanol–water partition coefficient (Wildman–Crippen LogP) is 3.61. The topological polar surface area (TPSA) is 117 Å². The first-order valence-electron chi connectivity index (χ1n) is 11.7. The molecule has 0 aliphatic heterocycles. The molecule has 5 aromatic rings. The summed E-state index contributed by atoms with van der Waals surface area (Å²) in [5.74, 6) is 2.19. The summed E-state index contributed by atoms with van der Waals surface area (Å²) in [6, 6.07) is 16.6. The SMILES string of the molecule is Cn1nnc(-c2ccc3c(c2)[nH]c2nc(Cc4ccccc4)nc(NC4CCC(O)CC4)c23)n1. The van der Waals surface area contributed by atoms with Crippen molar-refractivity contribution in [3.05, 3.63) is 59.9 Å². The van der Waals surface area contributed by atoms with Crippen LogP contribution in [0.3, 0.4) is 0 Å². The summed E-state index contributed by atoms with van der Waals surface area (Å²) in [4.78, 5) is 14.8. The number of H-pyrrole nitrogens is 1. The maximum atomic E-state index is 9.93. The molecule has 3 aromatic heterocycles. The minimum Gasteiger partial charge on any atom is -0.393 e. The minimum absolute atomic E-state index is 0.196. The highest BCUT2D eigenvalue weighted by Gasteiger charge is 2.22. The van der Waals surface area contributed by atoms with Crippen LogP contribution in [0.4, 0.5) is 5.82 Å². The molecule has 34 heavy (non-hydrogen) atoms. The van der Waals surface area contributed by atoms with Crippen molar-refractivity contribution < 1.29 is 5.11 Å². The van der Waals surface area contributed by atoms with E-state index in [0.29, 0.717) is 12.2 Å². The van der Waals surface area contributed by atoms with Crippen LogP contribution in [-0.2, 0) is 13.5 Å². The Hall–Kier alpha value is -3.85. The molecule has 3 heterocycles. The summed E-state index contributed by atoms with van der Waals surface area (Å²) in [6.07, 6.45) is 3.92. The highest BCUT2D eigenvalue weighted by molar-refractivity contribution is 6.11. The normalized spacial score (nSPS) is 18.5. The van der Waals surface area contributed by atoms with Crippen molar-refractivity contribution in [3.8, 4) is 11.4 Å². The number of aryl methyl sites for hydroxylation is 1. The number of aromatic amines is 1. The van der Waals surface area contributed by atoms with E-state index in [1.54, 1.807) is 7.05 Å². The third-order valence-corrected chi connectivity index (χ3v) is 6.51. The van der Waals surface area contributed by atoms with Gasteiger partial charge in [0.1, 0.15) is 17.3 Å². The number of aliphatic hydroxyl groups excluding tert-OH is 1. The average Bonchev–Trinajstić information content (AvgIpc) is 3.44.